The fourth-order valence-electron chi connectivity index (χ4n) is 3.97. The number of fused-ring (bicyclic) bond motifs is 1. The van der Waals surface area contributed by atoms with Gasteiger partial charge in [0.25, 0.3) is 0 Å². The topological polar surface area (TPSA) is 116 Å². The predicted molar refractivity (Wildman–Crippen MR) is 143 cm³/mol. The fraction of sp³-hybridized carbons (Fsp3) is 0.333. The van der Waals surface area contributed by atoms with Crippen molar-refractivity contribution >= 4 is 29.4 Å². The Balaban J connectivity index is 0.000000174. The van der Waals surface area contributed by atoms with E-state index in [1.165, 1.54) is 6.33 Å². The molecule has 1 fully saturated rings. The van der Waals surface area contributed by atoms with Crippen LogP contribution in [-0.2, 0) is 9.31 Å². The minimum Gasteiger partial charge on any atom is -0.508 e. The van der Waals surface area contributed by atoms with Gasteiger partial charge in [-0.05, 0) is 76.8 Å². The third kappa shape index (κ3) is 4.89. The van der Waals surface area contributed by atoms with Crippen molar-refractivity contribution in [2.45, 2.75) is 58.8 Å². The van der Waals surface area contributed by atoms with Crippen molar-refractivity contribution in [2.24, 2.45) is 0 Å². The van der Waals surface area contributed by atoms with E-state index in [1.54, 1.807) is 24.3 Å². The summed E-state index contributed by atoms with van der Waals surface area (Å²) >= 11 is 0. The van der Waals surface area contributed by atoms with E-state index < -0.39 is 0 Å². The maximum atomic E-state index is 9.41. The molecule has 0 saturated carbocycles. The van der Waals surface area contributed by atoms with Crippen LogP contribution < -0.4 is 11.2 Å². The number of aromatic nitrogens is 3. The zero-order chi connectivity index (χ0) is 26.3. The van der Waals surface area contributed by atoms with Crippen LogP contribution in [0.4, 0.5) is 5.82 Å². The highest BCUT2D eigenvalue weighted by Gasteiger charge is 2.51. The average molecular weight is 488 g/mol. The number of rotatable bonds is 3. The monoisotopic (exact) mass is 488 g/mol. The first-order valence-electron chi connectivity index (χ1n) is 11.9. The number of aromatic hydroxyl groups is 2. The Morgan fingerprint density at radius 1 is 0.861 bits per heavy atom. The van der Waals surface area contributed by atoms with Crippen LogP contribution in [-0.4, -0.2) is 43.1 Å². The van der Waals surface area contributed by atoms with Gasteiger partial charge in [-0.1, -0.05) is 24.3 Å². The van der Waals surface area contributed by atoms with Gasteiger partial charge in [0, 0.05) is 17.8 Å². The third-order valence-corrected chi connectivity index (χ3v) is 6.79. The molecular formula is C27H33BN4O4. The number of benzene rings is 2. The van der Waals surface area contributed by atoms with Crippen LogP contribution in [0, 0.1) is 0 Å². The van der Waals surface area contributed by atoms with Crippen molar-refractivity contribution in [3.63, 3.8) is 0 Å². The number of nitrogens with two attached hydrogens (primary N) is 1. The van der Waals surface area contributed by atoms with Gasteiger partial charge in [-0.3, -0.25) is 0 Å². The van der Waals surface area contributed by atoms with E-state index in [0.29, 0.717) is 5.82 Å². The zero-order valence-corrected chi connectivity index (χ0v) is 21.6. The van der Waals surface area contributed by atoms with Crippen molar-refractivity contribution in [1.29, 1.82) is 0 Å². The summed E-state index contributed by atoms with van der Waals surface area (Å²) in [6.07, 6.45) is 3.52. The van der Waals surface area contributed by atoms with Gasteiger partial charge in [-0.2, -0.15) is 0 Å². The molecule has 1 aliphatic rings. The maximum Gasteiger partial charge on any atom is 0.494 e. The molecule has 5 rings (SSSR count). The SMILES string of the molecule is CC(C)n1cc(-c2ccc(O)cc2)c2c(N)ncnc21.CC1(C)OB(c2ccc(O)cc2)OC1(C)C. The summed E-state index contributed by atoms with van der Waals surface area (Å²) in [6.45, 7) is 12.3. The lowest BCUT2D eigenvalue weighted by atomic mass is 9.79. The summed E-state index contributed by atoms with van der Waals surface area (Å²) in [7, 11) is -0.356. The average Bonchev–Trinajstić information content (AvgIpc) is 3.30. The van der Waals surface area contributed by atoms with Gasteiger partial charge in [-0.15, -0.1) is 0 Å². The van der Waals surface area contributed by atoms with Crippen molar-refractivity contribution in [2.75, 3.05) is 5.73 Å². The van der Waals surface area contributed by atoms with Gasteiger partial charge >= 0.3 is 7.12 Å². The number of phenols is 2. The second-order valence-electron chi connectivity index (χ2n) is 10.2. The summed E-state index contributed by atoms with van der Waals surface area (Å²) in [5.74, 6) is 0.961. The Morgan fingerprint density at radius 2 is 1.39 bits per heavy atom. The number of nitrogen functional groups attached to an aromatic ring is 1. The Morgan fingerprint density at radius 3 is 1.92 bits per heavy atom. The number of phenolic OH excluding ortho intramolecular Hbond substituents is 2. The lowest BCUT2D eigenvalue weighted by molar-refractivity contribution is 0.00578. The summed E-state index contributed by atoms with van der Waals surface area (Å²) in [5, 5.41) is 19.5. The molecular weight excluding hydrogens is 455 g/mol. The minimum absolute atomic E-state index is 0.241. The van der Waals surface area contributed by atoms with Gasteiger partial charge < -0.3 is 29.8 Å². The molecule has 188 valence electrons. The fourth-order valence-corrected chi connectivity index (χ4v) is 3.97. The molecule has 3 heterocycles. The van der Waals surface area contributed by atoms with Gasteiger partial charge in [0.2, 0.25) is 0 Å². The normalized spacial score (nSPS) is 16.2. The molecule has 0 atom stereocenters. The molecule has 2 aromatic carbocycles. The molecule has 0 bridgehead atoms. The van der Waals surface area contributed by atoms with E-state index >= 15 is 0 Å². The molecule has 4 aromatic rings. The van der Waals surface area contributed by atoms with Crippen molar-refractivity contribution in [1.82, 2.24) is 14.5 Å². The number of anilines is 1. The van der Waals surface area contributed by atoms with E-state index in [0.717, 1.165) is 27.6 Å². The lowest BCUT2D eigenvalue weighted by Gasteiger charge is -2.32. The standard InChI is InChI=1S/C15H16N4O.C12H17BO3/c1-9(2)19-7-12(10-3-5-11(20)6-4-10)13-14(16)17-8-18-15(13)19;1-11(2)12(3,4)16-13(15-11)9-5-7-10(14)8-6-9/h3-9,20H,1-2H3,(H2,16,17,18);5-8,14H,1-4H3. The Labute approximate surface area is 211 Å². The van der Waals surface area contributed by atoms with E-state index in [2.05, 4.69) is 28.4 Å². The minimum atomic E-state index is -0.356. The third-order valence-electron chi connectivity index (χ3n) is 6.79. The molecule has 36 heavy (non-hydrogen) atoms. The van der Waals surface area contributed by atoms with Gasteiger partial charge in [0.15, 0.2) is 0 Å². The van der Waals surface area contributed by atoms with Crippen molar-refractivity contribution in [3.05, 3.63) is 61.1 Å². The largest absolute Gasteiger partial charge is 0.508 e. The summed E-state index contributed by atoms with van der Waals surface area (Å²) in [6, 6.07) is 14.2. The summed E-state index contributed by atoms with van der Waals surface area (Å²) in [5.41, 5.74) is 9.09. The Bertz CT molecular complexity index is 1330. The molecule has 4 N–H and O–H groups in total. The second kappa shape index (κ2) is 9.48. The predicted octanol–water partition coefficient (Wildman–Crippen LogP) is 4.66. The van der Waals surface area contributed by atoms with E-state index in [1.807, 2.05) is 58.2 Å². The van der Waals surface area contributed by atoms with Crippen LogP contribution in [0.3, 0.4) is 0 Å². The Hall–Kier alpha value is -3.56. The highest BCUT2D eigenvalue weighted by Crippen LogP contribution is 2.37. The molecule has 0 aliphatic carbocycles. The second-order valence-corrected chi connectivity index (χ2v) is 10.2. The maximum absolute atomic E-state index is 9.41. The van der Waals surface area contributed by atoms with Crippen molar-refractivity contribution in [3.8, 4) is 22.6 Å². The molecule has 0 radical (unpaired) electrons. The van der Waals surface area contributed by atoms with Crippen LogP contribution in [0.15, 0.2) is 61.1 Å². The van der Waals surface area contributed by atoms with Gasteiger partial charge in [0.05, 0.1) is 16.6 Å². The van der Waals surface area contributed by atoms with Crippen LogP contribution in [0.5, 0.6) is 11.5 Å². The molecule has 0 unspecified atom stereocenters. The molecule has 8 nitrogen and oxygen atoms in total. The van der Waals surface area contributed by atoms with Crippen LogP contribution in [0.2, 0.25) is 0 Å². The molecule has 1 saturated heterocycles. The molecule has 2 aromatic heterocycles. The quantitative estimate of drug-likeness (QED) is 0.359. The molecule has 1 aliphatic heterocycles. The molecule has 0 spiro atoms. The first-order valence-corrected chi connectivity index (χ1v) is 11.9. The number of nitrogens with zero attached hydrogens (tertiary/aromatic N) is 3. The van der Waals surface area contributed by atoms with E-state index in [9.17, 15) is 10.2 Å². The number of hydrogen-bond donors (Lipinski definition) is 3. The van der Waals surface area contributed by atoms with Crippen LogP contribution >= 0.6 is 0 Å². The van der Waals surface area contributed by atoms with Gasteiger partial charge in [-0.25, -0.2) is 9.97 Å². The summed E-state index contributed by atoms with van der Waals surface area (Å²) in [4.78, 5) is 8.44. The molecule has 9 heteroatoms. The smallest absolute Gasteiger partial charge is 0.494 e. The highest BCUT2D eigenvalue weighted by atomic mass is 16.7. The van der Waals surface area contributed by atoms with Crippen LogP contribution in [0.25, 0.3) is 22.2 Å². The highest BCUT2D eigenvalue weighted by molar-refractivity contribution is 6.62. The van der Waals surface area contributed by atoms with Crippen LogP contribution in [0.1, 0.15) is 47.6 Å². The lowest BCUT2D eigenvalue weighted by Crippen LogP contribution is -2.41. The summed E-state index contributed by atoms with van der Waals surface area (Å²) < 4.78 is 13.9. The zero-order valence-electron chi connectivity index (χ0n) is 21.6. The van der Waals surface area contributed by atoms with Crippen molar-refractivity contribution < 1.29 is 19.5 Å². The first kappa shape index (κ1) is 25.5. The van der Waals surface area contributed by atoms with E-state index in [-0.39, 0.29) is 35.9 Å². The van der Waals surface area contributed by atoms with Gasteiger partial charge in [0.1, 0.15) is 29.3 Å². The van der Waals surface area contributed by atoms with E-state index in [4.69, 9.17) is 15.0 Å². The number of hydrogen-bond acceptors (Lipinski definition) is 7. The Kier molecular flexibility index (Phi) is 6.73. The molecule has 0 amide bonds. The first-order chi connectivity index (χ1) is 16.9.